The maximum Gasteiger partial charge on any atom is 0.265 e. The molecule has 0 saturated heterocycles. The summed E-state index contributed by atoms with van der Waals surface area (Å²) < 4.78 is 0. The summed E-state index contributed by atoms with van der Waals surface area (Å²) in [7, 11) is 0. The maximum atomic E-state index is 11.2. The second-order valence-electron chi connectivity index (χ2n) is 2.55. The Hall–Kier alpha value is -1.62. The van der Waals surface area contributed by atoms with E-state index in [1.807, 2.05) is 0 Å². The van der Waals surface area contributed by atoms with E-state index in [1.54, 1.807) is 0 Å². The molecule has 1 N–H and O–H groups in total. The van der Waals surface area contributed by atoms with E-state index in [9.17, 15) is 20.0 Å². The summed E-state index contributed by atoms with van der Waals surface area (Å²) in [6, 6.07) is 4.11. The lowest BCUT2D eigenvalue weighted by Crippen LogP contribution is -2.13. The maximum absolute atomic E-state index is 11.2. The van der Waals surface area contributed by atoms with E-state index >= 15 is 0 Å². The van der Waals surface area contributed by atoms with Crippen LogP contribution in [0.25, 0.3) is 0 Å². The van der Waals surface area contributed by atoms with Crippen LogP contribution < -0.4 is 0 Å². The van der Waals surface area contributed by atoms with Crippen LogP contribution in [0.2, 0.25) is 5.02 Å². The van der Waals surface area contributed by atoms with E-state index in [0.29, 0.717) is 0 Å². The molecule has 1 rings (SSSR count). The lowest BCUT2D eigenvalue weighted by molar-refractivity contribution is -0.465. The van der Waals surface area contributed by atoms with Crippen molar-refractivity contribution in [2.75, 3.05) is 6.54 Å². The molecule has 1 aromatic rings. The largest absolute Gasteiger partial charge is 0.506 e. The molecule has 0 aliphatic rings. The van der Waals surface area contributed by atoms with Crippen LogP contribution in [0.4, 0.5) is 0 Å². The number of carbonyl (C=O) groups excluding carboxylic acids is 1. The molecule has 0 aromatic heterocycles. The molecule has 0 bridgehead atoms. The second-order valence-corrected chi connectivity index (χ2v) is 2.96. The number of rotatable bonds is 3. The van der Waals surface area contributed by atoms with E-state index in [0.717, 1.165) is 0 Å². The number of carbonyl (C=O) groups is 1. The van der Waals surface area contributed by atoms with Gasteiger partial charge in [0.05, 0.1) is 10.6 Å². The molecular weight excluding hydrogens is 210 g/mol. The van der Waals surface area contributed by atoms with Crippen molar-refractivity contribution >= 4 is 17.4 Å². The van der Waals surface area contributed by atoms with Gasteiger partial charge >= 0.3 is 0 Å². The van der Waals surface area contributed by atoms with Gasteiger partial charge in [-0.1, -0.05) is 17.7 Å². The van der Waals surface area contributed by atoms with Crippen molar-refractivity contribution < 1.29 is 14.8 Å². The number of nitro groups is 1. The third-order valence-corrected chi connectivity index (χ3v) is 1.86. The Labute approximate surface area is 84.1 Å². The van der Waals surface area contributed by atoms with E-state index in [2.05, 4.69) is 0 Å². The summed E-state index contributed by atoms with van der Waals surface area (Å²) in [5, 5.41) is 19.4. The molecule has 0 saturated carbocycles. The SMILES string of the molecule is O=C(C[N+](=O)[O-])c1cccc(Cl)c1O. The highest BCUT2D eigenvalue weighted by atomic mass is 35.5. The molecule has 14 heavy (non-hydrogen) atoms. The third kappa shape index (κ3) is 2.20. The number of para-hydroxylation sites is 1. The summed E-state index contributed by atoms with van der Waals surface area (Å²) in [5.74, 6) is -1.18. The minimum absolute atomic E-state index is 0.000743. The molecule has 0 aliphatic heterocycles. The Morgan fingerprint density at radius 2 is 2.21 bits per heavy atom. The van der Waals surface area contributed by atoms with Gasteiger partial charge in [0.2, 0.25) is 5.78 Å². The zero-order valence-electron chi connectivity index (χ0n) is 6.94. The standard InChI is InChI=1S/C8H6ClNO4/c9-6-3-1-2-5(8(6)12)7(11)4-10(13)14/h1-3,12H,4H2. The normalized spacial score (nSPS) is 9.79. The number of halogens is 1. The number of hydrogen-bond acceptors (Lipinski definition) is 4. The minimum atomic E-state index is -0.853. The third-order valence-electron chi connectivity index (χ3n) is 1.56. The Kier molecular flexibility index (Phi) is 3.03. The van der Waals surface area contributed by atoms with Gasteiger partial charge in [-0.15, -0.1) is 0 Å². The van der Waals surface area contributed by atoms with Gasteiger partial charge in [-0.2, -0.15) is 0 Å². The van der Waals surface area contributed by atoms with Gasteiger partial charge in [-0.25, -0.2) is 0 Å². The molecule has 0 unspecified atom stereocenters. The zero-order valence-corrected chi connectivity index (χ0v) is 7.69. The van der Waals surface area contributed by atoms with Gasteiger partial charge < -0.3 is 5.11 Å². The van der Waals surface area contributed by atoms with E-state index in [1.165, 1.54) is 18.2 Å². The number of hydrogen-bond donors (Lipinski definition) is 1. The lowest BCUT2D eigenvalue weighted by Gasteiger charge is -2.01. The van der Waals surface area contributed by atoms with E-state index in [4.69, 9.17) is 11.6 Å². The van der Waals surface area contributed by atoms with Crippen molar-refractivity contribution in [1.82, 2.24) is 0 Å². The van der Waals surface area contributed by atoms with Crippen molar-refractivity contribution in [2.45, 2.75) is 0 Å². The molecule has 74 valence electrons. The fraction of sp³-hybridized carbons (Fsp3) is 0.125. The van der Waals surface area contributed by atoms with Crippen molar-refractivity contribution in [3.8, 4) is 5.75 Å². The highest BCUT2D eigenvalue weighted by Gasteiger charge is 2.17. The molecule has 0 fully saturated rings. The molecular formula is C8H6ClNO4. The highest BCUT2D eigenvalue weighted by molar-refractivity contribution is 6.32. The first-order valence-electron chi connectivity index (χ1n) is 3.65. The molecule has 1 aromatic carbocycles. The van der Waals surface area contributed by atoms with E-state index in [-0.39, 0.29) is 10.6 Å². The number of benzene rings is 1. The number of nitrogens with zero attached hydrogens (tertiary/aromatic N) is 1. The Morgan fingerprint density at radius 1 is 1.57 bits per heavy atom. The second kappa shape index (κ2) is 4.06. The van der Waals surface area contributed by atoms with Gasteiger partial charge in [0.25, 0.3) is 6.54 Å². The van der Waals surface area contributed by atoms with Crippen molar-refractivity contribution in [2.24, 2.45) is 0 Å². The monoisotopic (exact) mass is 215 g/mol. The molecule has 6 heteroatoms. The zero-order chi connectivity index (χ0) is 10.7. The fourth-order valence-electron chi connectivity index (χ4n) is 0.943. The van der Waals surface area contributed by atoms with Crippen LogP contribution in [0, 0.1) is 10.1 Å². The average molecular weight is 216 g/mol. The predicted octanol–water partition coefficient (Wildman–Crippen LogP) is 1.51. The minimum Gasteiger partial charge on any atom is -0.506 e. The van der Waals surface area contributed by atoms with Gasteiger partial charge in [-0.05, 0) is 12.1 Å². The average Bonchev–Trinajstić information content (AvgIpc) is 2.08. The highest BCUT2D eigenvalue weighted by Crippen LogP contribution is 2.27. The number of phenols is 1. The Morgan fingerprint density at radius 3 is 2.79 bits per heavy atom. The number of Topliss-reactive ketones (excluding diaryl/α,β-unsaturated/α-hetero) is 1. The summed E-state index contributed by atoms with van der Waals surface area (Å²) >= 11 is 5.52. The number of aromatic hydroxyl groups is 1. The van der Waals surface area contributed by atoms with Crippen LogP contribution in [-0.4, -0.2) is 22.4 Å². The first-order chi connectivity index (χ1) is 6.52. The first-order valence-corrected chi connectivity index (χ1v) is 4.02. The summed E-state index contributed by atoms with van der Waals surface area (Å²) in [5.41, 5.74) is -0.130. The van der Waals surface area contributed by atoms with Crippen LogP contribution in [0.5, 0.6) is 5.75 Å². The van der Waals surface area contributed by atoms with Crippen LogP contribution >= 0.6 is 11.6 Å². The summed E-state index contributed by atoms with van der Waals surface area (Å²) in [4.78, 5) is 20.5. The fourth-order valence-corrected chi connectivity index (χ4v) is 1.12. The number of ketones is 1. The molecule has 0 spiro atoms. The predicted molar refractivity (Wildman–Crippen MR) is 49.3 cm³/mol. The van der Waals surface area contributed by atoms with Crippen LogP contribution in [0.3, 0.4) is 0 Å². The van der Waals surface area contributed by atoms with Gasteiger partial charge in [0, 0.05) is 4.92 Å². The number of phenolic OH excluding ortho intramolecular Hbond substituents is 1. The quantitative estimate of drug-likeness (QED) is 0.471. The van der Waals surface area contributed by atoms with Gasteiger partial charge in [0.15, 0.2) is 0 Å². The smallest absolute Gasteiger partial charge is 0.265 e. The van der Waals surface area contributed by atoms with Crippen LogP contribution in [0.1, 0.15) is 10.4 Å². The Bertz CT molecular complexity index is 391. The van der Waals surface area contributed by atoms with Crippen LogP contribution in [-0.2, 0) is 0 Å². The molecule has 0 atom stereocenters. The van der Waals surface area contributed by atoms with Gasteiger partial charge in [0.1, 0.15) is 5.75 Å². The Balaban J connectivity index is 3.01. The first kappa shape index (κ1) is 10.5. The molecule has 0 heterocycles. The van der Waals surface area contributed by atoms with E-state index < -0.39 is 23.0 Å². The molecule has 0 aliphatic carbocycles. The van der Waals surface area contributed by atoms with Crippen molar-refractivity contribution in [1.29, 1.82) is 0 Å². The van der Waals surface area contributed by atoms with Crippen molar-refractivity contribution in [3.05, 3.63) is 38.9 Å². The van der Waals surface area contributed by atoms with Crippen LogP contribution in [0.15, 0.2) is 18.2 Å². The summed E-state index contributed by atoms with van der Waals surface area (Å²) in [6.45, 7) is -0.853. The van der Waals surface area contributed by atoms with Gasteiger partial charge in [-0.3, -0.25) is 14.9 Å². The lowest BCUT2D eigenvalue weighted by atomic mass is 10.1. The molecule has 0 amide bonds. The van der Waals surface area contributed by atoms with Crippen molar-refractivity contribution in [3.63, 3.8) is 0 Å². The topological polar surface area (TPSA) is 80.4 Å². The molecule has 5 nitrogen and oxygen atoms in total. The molecule has 0 radical (unpaired) electrons. The summed E-state index contributed by atoms with van der Waals surface area (Å²) in [6.07, 6.45) is 0.